The van der Waals surface area contributed by atoms with Crippen molar-refractivity contribution < 1.29 is 0 Å². The Morgan fingerprint density at radius 2 is 0.443 bits per heavy atom. The average molecular weight is 892 g/mol. The number of aromatic nitrogens is 5. The Kier molecular flexibility index (Phi) is 8.29. The molecule has 0 aliphatic heterocycles. The van der Waals surface area contributed by atoms with E-state index in [2.05, 4.69) is 267 Å². The van der Waals surface area contributed by atoms with Crippen LogP contribution >= 0.6 is 0 Å². The molecule has 5 aromatic heterocycles. The Labute approximate surface area is 402 Å². The number of hydrogen-bond acceptors (Lipinski definition) is 1. The molecular formula is C65H41N5. The van der Waals surface area contributed by atoms with Gasteiger partial charge in [0.2, 0.25) is 0 Å². The lowest BCUT2D eigenvalue weighted by atomic mass is 10.1. The first kappa shape index (κ1) is 38.6. The highest BCUT2D eigenvalue weighted by molar-refractivity contribution is 6.19. The highest BCUT2D eigenvalue weighted by atomic mass is 15.0. The van der Waals surface area contributed by atoms with E-state index in [1.807, 2.05) is 0 Å². The van der Waals surface area contributed by atoms with Crippen molar-refractivity contribution >= 4 is 87.2 Å². The third-order valence-corrected chi connectivity index (χ3v) is 14.5. The number of fused-ring (bicyclic) bond motifs is 12. The van der Waals surface area contributed by atoms with E-state index in [0.29, 0.717) is 0 Å². The molecule has 0 aliphatic rings. The minimum Gasteiger partial charge on any atom is -0.309 e. The van der Waals surface area contributed by atoms with Crippen molar-refractivity contribution in [1.82, 2.24) is 23.3 Å². The molecule has 15 rings (SSSR count). The van der Waals surface area contributed by atoms with Crippen LogP contribution in [0.15, 0.2) is 249 Å². The second-order valence-corrected chi connectivity index (χ2v) is 18.4. The van der Waals surface area contributed by atoms with Crippen LogP contribution in [0.3, 0.4) is 0 Å². The van der Waals surface area contributed by atoms with Gasteiger partial charge in [0, 0.05) is 54.2 Å². The van der Waals surface area contributed by atoms with Crippen molar-refractivity contribution in [3.05, 3.63) is 249 Å². The van der Waals surface area contributed by atoms with Crippen molar-refractivity contribution in [1.29, 1.82) is 0 Å². The molecule has 0 unspecified atom stereocenters. The summed E-state index contributed by atoms with van der Waals surface area (Å²) >= 11 is 0. The normalized spacial score (nSPS) is 12.0. The molecule has 0 atom stereocenters. The monoisotopic (exact) mass is 891 g/mol. The van der Waals surface area contributed by atoms with Crippen molar-refractivity contribution in [3.8, 4) is 45.3 Å². The molecule has 0 saturated carbocycles. The molecule has 326 valence electrons. The third kappa shape index (κ3) is 5.69. The molecule has 0 radical (unpaired) electrons. The lowest BCUT2D eigenvalue weighted by Gasteiger charge is -2.17. The Morgan fingerprint density at radius 3 is 0.757 bits per heavy atom. The van der Waals surface area contributed by atoms with Gasteiger partial charge in [0.25, 0.3) is 0 Å². The molecule has 0 aliphatic carbocycles. The molecule has 0 spiro atoms. The average Bonchev–Trinajstić information content (AvgIpc) is 4.15. The molecule has 5 heterocycles. The van der Waals surface area contributed by atoms with Gasteiger partial charge in [-0.15, -0.1) is 0 Å². The molecule has 70 heavy (non-hydrogen) atoms. The molecule has 10 aromatic carbocycles. The highest BCUT2D eigenvalue weighted by Gasteiger charge is 2.22. The van der Waals surface area contributed by atoms with Gasteiger partial charge >= 0.3 is 0 Å². The van der Waals surface area contributed by atoms with E-state index in [1.54, 1.807) is 0 Å². The van der Waals surface area contributed by atoms with E-state index in [1.165, 1.54) is 65.2 Å². The minimum absolute atomic E-state index is 0.933. The quantitative estimate of drug-likeness (QED) is 0.164. The third-order valence-electron chi connectivity index (χ3n) is 14.5. The van der Waals surface area contributed by atoms with Crippen molar-refractivity contribution in [2.75, 3.05) is 0 Å². The maximum Gasteiger partial charge on any atom is 0.0730 e. The van der Waals surface area contributed by atoms with E-state index < -0.39 is 0 Å². The summed E-state index contributed by atoms with van der Waals surface area (Å²) in [6, 6.07) is 90.5. The van der Waals surface area contributed by atoms with Gasteiger partial charge in [0.1, 0.15) is 0 Å². The van der Waals surface area contributed by atoms with Crippen LogP contribution in [-0.4, -0.2) is 23.3 Å². The van der Waals surface area contributed by atoms with Crippen LogP contribution in [0.4, 0.5) is 0 Å². The fraction of sp³-hybridized carbons (Fsp3) is 0. The van der Waals surface area contributed by atoms with E-state index in [4.69, 9.17) is 4.98 Å². The molecule has 0 saturated heterocycles. The highest BCUT2D eigenvalue weighted by Crippen LogP contribution is 2.43. The number of pyridine rings is 1. The Hall–Kier alpha value is -9.45. The SMILES string of the molecule is c1ccc(-c2cc(-n3c4ccccc4c4cc5c(cc43)c3ccccc3n5-c3cc(-n4c5ccccc5c5ccccc54)cc(-n4c5ccccc5c5ccccc54)c3)cc(-c3ccccc3)n2)cc1. The summed E-state index contributed by atoms with van der Waals surface area (Å²) in [5, 5.41) is 9.71. The van der Waals surface area contributed by atoms with Gasteiger partial charge in [-0.3, -0.25) is 0 Å². The summed E-state index contributed by atoms with van der Waals surface area (Å²) in [5.74, 6) is 0. The molecule has 0 bridgehead atoms. The van der Waals surface area contributed by atoms with Crippen LogP contribution in [0.1, 0.15) is 0 Å². The van der Waals surface area contributed by atoms with E-state index in [9.17, 15) is 0 Å². The topological polar surface area (TPSA) is 32.6 Å². The minimum atomic E-state index is 0.933. The summed E-state index contributed by atoms with van der Waals surface area (Å²) in [5.41, 5.74) is 17.6. The number of rotatable bonds is 6. The Morgan fingerprint density at radius 1 is 0.200 bits per heavy atom. The van der Waals surface area contributed by atoms with Gasteiger partial charge in [-0.1, -0.05) is 170 Å². The van der Waals surface area contributed by atoms with Crippen LogP contribution in [0.2, 0.25) is 0 Å². The van der Waals surface area contributed by atoms with Crippen LogP contribution in [-0.2, 0) is 0 Å². The first-order chi connectivity index (χ1) is 34.7. The predicted molar refractivity (Wildman–Crippen MR) is 292 cm³/mol. The molecule has 5 nitrogen and oxygen atoms in total. The van der Waals surface area contributed by atoms with Gasteiger partial charge in [-0.2, -0.15) is 0 Å². The van der Waals surface area contributed by atoms with Crippen molar-refractivity contribution in [2.45, 2.75) is 0 Å². The number of nitrogens with zero attached hydrogens (tertiary/aromatic N) is 5. The Balaban J connectivity index is 1.04. The maximum atomic E-state index is 5.27. The molecule has 15 aromatic rings. The van der Waals surface area contributed by atoms with Crippen LogP contribution in [0, 0.1) is 0 Å². The van der Waals surface area contributed by atoms with Gasteiger partial charge in [0.05, 0.1) is 78.3 Å². The van der Waals surface area contributed by atoms with Gasteiger partial charge in [-0.05, 0) is 78.9 Å². The molecular weight excluding hydrogens is 851 g/mol. The smallest absolute Gasteiger partial charge is 0.0730 e. The zero-order valence-corrected chi connectivity index (χ0v) is 37.9. The largest absolute Gasteiger partial charge is 0.309 e. The summed E-state index contributed by atoms with van der Waals surface area (Å²) in [6.07, 6.45) is 0. The predicted octanol–water partition coefficient (Wildman–Crippen LogP) is 16.8. The second kappa shape index (κ2) is 15.0. The fourth-order valence-corrected chi connectivity index (χ4v) is 11.5. The standard InChI is InChI=1S/C65H41N5/c1-3-19-42(20-4-1)56-38-47(39-57(66-56)43-21-5-2-6-22-43)70-63-34-18-12-28-53(63)55-40-64-54(41-65(55)70)52-27-11-17-33-62(52)69(64)46-36-44(67-58-29-13-7-23-48(58)49-24-8-14-30-59(49)67)35-45(37-46)68-60-31-15-9-25-50(60)51-26-10-16-32-61(51)68/h1-41H. The van der Waals surface area contributed by atoms with E-state index in [0.717, 1.165) is 67.3 Å². The lowest BCUT2D eigenvalue weighted by molar-refractivity contribution is 1.10. The Bertz CT molecular complexity index is 4290. The fourth-order valence-electron chi connectivity index (χ4n) is 11.5. The number of hydrogen-bond donors (Lipinski definition) is 0. The summed E-state index contributed by atoms with van der Waals surface area (Å²) in [4.78, 5) is 5.27. The molecule has 0 amide bonds. The first-order valence-electron chi connectivity index (χ1n) is 24.0. The van der Waals surface area contributed by atoms with Crippen molar-refractivity contribution in [3.63, 3.8) is 0 Å². The van der Waals surface area contributed by atoms with Crippen molar-refractivity contribution in [2.24, 2.45) is 0 Å². The van der Waals surface area contributed by atoms with Gasteiger partial charge in [0.15, 0.2) is 0 Å². The first-order valence-corrected chi connectivity index (χ1v) is 24.0. The van der Waals surface area contributed by atoms with Gasteiger partial charge < -0.3 is 18.3 Å². The van der Waals surface area contributed by atoms with Gasteiger partial charge in [-0.25, -0.2) is 4.98 Å². The van der Waals surface area contributed by atoms with Crippen LogP contribution in [0.5, 0.6) is 0 Å². The molecule has 0 N–H and O–H groups in total. The summed E-state index contributed by atoms with van der Waals surface area (Å²) < 4.78 is 9.85. The maximum absolute atomic E-state index is 5.27. The summed E-state index contributed by atoms with van der Waals surface area (Å²) in [7, 11) is 0. The van der Waals surface area contributed by atoms with E-state index in [-0.39, 0.29) is 0 Å². The lowest BCUT2D eigenvalue weighted by Crippen LogP contribution is -2.03. The van der Waals surface area contributed by atoms with E-state index >= 15 is 0 Å². The zero-order chi connectivity index (χ0) is 45.9. The van der Waals surface area contributed by atoms with Crippen LogP contribution < -0.4 is 0 Å². The van der Waals surface area contributed by atoms with Crippen LogP contribution in [0.25, 0.3) is 132 Å². The molecule has 0 fully saturated rings. The second-order valence-electron chi connectivity index (χ2n) is 18.4. The number of benzene rings is 10. The summed E-state index contributed by atoms with van der Waals surface area (Å²) in [6.45, 7) is 0. The number of para-hydroxylation sites is 6. The molecule has 5 heteroatoms. The zero-order valence-electron chi connectivity index (χ0n) is 37.9.